The van der Waals surface area contributed by atoms with Crippen molar-refractivity contribution in [2.24, 2.45) is 7.05 Å². The average Bonchev–Trinajstić information content (AvgIpc) is 1.65. The molecule has 53 heteroatoms. The molecule has 3 heterocycles. The Hall–Kier alpha value is -9.50. The van der Waals surface area contributed by atoms with Crippen molar-refractivity contribution in [3.8, 4) is 5.75 Å². The number of para-hydroxylation sites is 1. The van der Waals surface area contributed by atoms with Crippen LogP contribution in [0.3, 0.4) is 0 Å². The summed E-state index contributed by atoms with van der Waals surface area (Å²) in [6, 6.07) is 61.0. The number of nitro groups is 3. The number of sulfonamides is 8. The van der Waals surface area contributed by atoms with E-state index in [2.05, 4.69) is 115 Å². The van der Waals surface area contributed by atoms with Crippen LogP contribution in [0.5, 0.6) is 5.75 Å². The van der Waals surface area contributed by atoms with Crippen LogP contribution in [0.15, 0.2) is 299 Å². The van der Waals surface area contributed by atoms with E-state index in [-0.39, 0.29) is 16.4 Å². The van der Waals surface area contributed by atoms with Crippen LogP contribution in [0.1, 0.15) is 45.4 Å². The minimum Gasteiger partial charge on any atom is -0.493 e. The molecule has 698 valence electrons. The first kappa shape index (κ1) is 108. The highest BCUT2D eigenvalue weighted by molar-refractivity contribution is 8.14. The zero-order valence-electron chi connectivity index (χ0n) is 66.4. The molecule has 0 unspecified atom stereocenters. The van der Waals surface area contributed by atoms with E-state index in [4.69, 9.17) is 16.3 Å². The Morgan fingerprint density at radius 1 is 0.380 bits per heavy atom. The van der Waals surface area contributed by atoms with Crippen molar-refractivity contribution in [1.82, 2.24) is 4.57 Å². The van der Waals surface area contributed by atoms with Crippen molar-refractivity contribution in [3.05, 3.63) is 307 Å². The molecule has 2 fully saturated rings. The maximum atomic E-state index is 12.1. The van der Waals surface area contributed by atoms with Crippen LogP contribution >= 0.6 is 11.6 Å². The second kappa shape index (κ2) is 47.0. The number of halogens is 10. The van der Waals surface area contributed by atoms with Crippen molar-refractivity contribution in [2.45, 2.75) is 106 Å². The molecule has 2 aliphatic heterocycles. The third kappa shape index (κ3) is 32.8. The number of unbranched alkanes of at least 4 members (excludes halogenated alkanes) is 1. The molecule has 11 aromatic rings. The number of ether oxygens (including phenoxy) is 1. The summed E-state index contributed by atoms with van der Waals surface area (Å²) >= 11 is 12.2. The van der Waals surface area contributed by atoms with Crippen LogP contribution in [-0.2, 0) is 134 Å². The van der Waals surface area contributed by atoms with Gasteiger partial charge in [-0.2, -0.15) is 39.5 Å². The lowest BCUT2D eigenvalue weighted by Crippen LogP contribution is -2.24. The molecule has 0 radical (unpaired) electrons. The second-order valence-corrected chi connectivity index (χ2v) is 45.6. The topological polar surface area (TPSA) is 473 Å². The van der Waals surface area contributed by atoms with E-state index >= 15 is 0 Å². The molecule has 0 N–H and O–H groups in total. The van der Waals surface area contributed by atoms with Crippen molar-refractivity contribution in [1.29, 1.82) is 0 Å². The zero-order chi connectivity index (χ0) is 96.4. The van der Waals surface area contributed by atoms with E-state index in [1.54, 1.807) is 13.9 Å². The van der Waals surface area contributed by atoms with Crippen LogP contribution < -0.4 is 4.74 Å². The smallest absolute Gasteiger partial charge is 0.480 e. The summed E-state index contributed by atoms with van der Waals surface area (Å²) in [5, 5.41) is 35.7. The molecule has 10 aromatic carbocycles. The van der Waals surface area contributed by atoms with Gasteiger partial charge in [-0.15, -0.1) is 0 Å². The number of nitro benzene ring substituents is 3. The Labute approximate surface area is 757 Å². The lowest BCUT2D eigenvalue weighted by Gasteiger charge is -2.22. The highest BCUT2D eigenvalue weighted by Gasteiger charge is 2.43. The standard InChI is InChI=1S/C18H23OS.C13H16NS.C12H8N3O8S2.C7H4ClF3NO4S2.C7H4F3N2O6S2.C7H5F3NO4S2.2C6H6S/c1-2-3-12-19-17-10-11-18(20-13-6-7-14-20)16-9-5-4-8-15(16)17;1-14-10-13(15-8-4-5-9-15)11-6-2-3-7-12(11)14;16-14(17)9-1-5-11(6-2-9)24(20,21)13-25(22,23)12-7-3-10(4-8-12)15(18)19;8-5-1-3-6(4-2-5)17(13,14)12-18(15,16)7(9,10)11;8-7(9,10)20(17,18)11-19(15,16)6-3-1-5(2-4-6)12(13)14;8-7(9,10)17(14,15)11-16(12,13)6-4-2-1-3-5-6;2*7-6-4-2-1-3-5-6/h4-5,8-11H,2-3,6-7,12-14H2,1H3;2-3,6-7,10H,4-5,8-9H2,1H3;1-8H;1-4H;1-4H;1-5H;2*1-5,7H/q2*+1;4*-1;;/p+2. The second-order valence-electron chi connectivity index (χ2n) is 25.8. The monoisotopic (exact) mass is 2060 g/mol. The summed E-state index contributed by atoms with van der Waals surface area (Å²) in [4.78, 5) is 31.1. The van der Waals surface area contributed by atoms with Crippen LogP contribution in [0, 0.1) is 30.3 Å². The first-order chi connectivity index (χ1) is 60.0. The average molecular weight is 2060 g/mol. The molecule has 0 amide bonds. The number of rotatable bonds is 22. The predicted octanol–water partition coefficient (Wildman–Crippen LogP) is 17.2. The van der Waals surface area contributed by atoms with E-state index in [0.717, 1.165) is 113 Å². The van der Waals surface area contributed by atoms with E-state index in [0.29, 0.717) is 46.1 Å². The van der Waals surface area contributed by atoms with Gasteiger partial charge in [0.15, 0.2) is 39.9 Å². The fourth-order valence-corrected chi connectivity index (χ4v) is 25.2. The predicted molar refractivity (Wildman–Crippen MR) is 478 cm³/mol. The van der Waals surface area contributed by atoms with Gasteiger partial charge < -0.3 is 25.8 Å². The molecule has 31 nitrogen and oxygen atoms in total. The third-order valence-electron chi connectivity index (χ3n) is 16.5. The number of non-ortho nitro benzene ring substituents is 3. The van der Waals surface area contributed by atoms with Gasteiger partial charge in [0.25, 0.3) is 17.1 Å². The first-order valence-electron chi connectivity index (χ1n) is 36.2. The minimum absolute atomic E-state index is 0.132. The van der Waals surface area contributed by atoms with E-state index in [1.807, 2.05) is 68.9 Å². The van der Waals surface area contributed by atoms with E-state index in [9.17, 15) is 137 Å². The number of aryl methyl sites for hydroxylation is 1. The highest BCUT2D eigenvalue weighted by Crippen LogP contribution is 2.39. The van der Waals surface area contributed by atoms with Gasteiger partial charge >= 0.3 is 16.5 Å². The normalized spacial score (nSPS) is 13.5. The molecule has 2 saturated heterocycles. The summed E-state index contributed by atoms with van der Waals surface area (Å²) in [5.41, 5.74) is -17.3. The summed E-state index contributed by atoms with van der Waals surface area (Å²) in [5.74, 6) is 6.63. The van der Waals surface area contributed by atoms with Gasteiger partial charge in [0, 0.05) is 106 Å². The lowest BCUT2D eigenvalue weighted by molar-refractivity contribution is -0.385. The Bertz CT molecular complexity index is 6510. The number of benzene rings is 10. The van der Waals surface area contributed by atoms with Gasteiger partial charge in [0.1, 0.15) is 88.7 Å². The SMILES string of the molecule is CCCCOc1ccc([S+]2CCCC2)c2ccccc12.Cn1cc([S+]2CCCC2)c2ccccc21.O=S(=O)([N-]S(=O)(=O)C(F)(F)F)c1ccc(Cl)cc1.O=S(=O)([N-]S(=O)(=O)C(F)(F)F)c1ccccc1.O=[N+]([O-])c1ccc(S(=O)(=O)[N-]S(=O)(=O)C(F)(F)F)cc1.O=[N+]([O-])c1ccc(S(=O)(=O)[N-]S(=O)(=O)c2ccc([N+](=O)[O-])cc2)cc1.[SH2+]c1ccccc1.[SH2+]c1ccccc1. The van der Waals surface area contributed by atoms with Crippen LogP contribution in [0.25, 0.3) is 38.2 Å². The minimum atomic E-state index is -6.23. The first-order valence-corrected chi connectivity index (χ1v) is 52.3. The maximum absolute atomic E-state index is 12.1. The number of alkyl halides is 9. The molecule has 129 heavy (non-hydrogen) atoms. The van der Waals surface area contributed by atoms with Gasteiger partial charge in [-0.25, -0.2) is 67.3 Å². The Morgan fingerprint density at radius 2 is 0.667 bits per heavy atom. The largest absolute Gasteiger partial charge is 0.493 e. The third-order valence-corrected chi connectivity index (χ3v) is 34.9. The van der Waals surface area contributed by atoms with Crippen LogP contribution in [-0.4, -0.2) is 133 Å². The summed E-state index contributed by atoms with van der Waals surface area (Å²) < 4.78 is 304. The number of hydrogen-bond acceptors (Lipinski definition) is 23. The molecular weight excluding hydrogens is 1980 g/mol. The number of nitrogens with zero attached hydrogens (tertiary/aromatic N) is 8. The van der Waals surface area contributed by atoms with Gasteiger partial charge in [0.05, 0.1) is 38.5 Å². The summed E-state index contributed by atoms with van der Waals surface area (Å²) in [6.45, 7) is 3.03. The zero-order valence-corrected chi connectivity index (χ0v) is 77.3. The molecule has 2 aliphatic rings. The molecule has 1 aromatic heterocycles. The van der Waals surface area contributed by atoms with E-state index < -0.39 is 142 Å². The Balaban J connectivity index is 0.000000232. The fourth-order valence-electron chi connectivity index (χ4n) is 10.4. The molecule has 0 aliphatic carbocycles. The van der Waals surface area contributed by atoms with Crippen LogP contribution in [0.2, 0.25) is 5.02 Å². The molecule has 0 spiro atoms. The quantitative estimate of drug-likeness (QED) is 0.0200. The number of hydrogen-bond donors (Lipinski definition) is 0. The lowest BCUT2D eigenvalue weighted by atomic mass is 10.1. The summed E-state index contributed by atoms with van der Waals surface area (Å²) in [6.07, 6.45) is 10.3. The number of aromatic nitrogens is 1. The van der Waals surface area contributed by atoms with E-state index in [1.165, 1.54) is 95.0 Å². The highest BCUT2D eigenvalue weighted by atomic mass is 35.5. The van der Waals surface area contributed by atoms with Gasteiger partial charge in [-0.1, -0.05) is 110 Å². The van der Waals surface area contributed by atoms with Gasteiger partial charge in [0.2, 0.25) is 0 Å². The van der Waals surface area contributed by atoms with Crippen LogP contribution in [0.4, 0.5) is 56.6 Å². The summed E-state index contributed by atoms with van der Waals surface area (Å²) in [7, 11) is -39.5. The molecule has 13 rings (SSSR count). The fraction of sp³-hybridized carbons (Fsp3) is 0.211. The Kier molecular flexibility index (Phi) is 39.5. The molecule has 0 bridgehead atoms. The molecule has 0 saturated carbocycles. The molecule has 0 atom stereocenters. The number of fused-ring (bicyclic) bond motifs is 2. The molecular formula is C76H74ClF9N8O23S12. The van der Waals surface area contributed by atoms with Crippen molar-refractivity contribution in [3.63, 3.8) is 0 Å². The van der Waals surface area contributed by atoms with Gasteiger partial charge in [-0.05, 0) is 185 Å². The van der Waals surface area contributed by atoms with Crippen molar-refractivity contribution >= 4 is 178 Å². The van der Waals surface area contributed by atoms with Gasteiger partial charge in [-0.3, -0.25) is 30.3 Å². The Morgan fingerprint density at radius 3 is 0.984 bits per heavy atom. The van der Waals surface area contributed by atoms with Crippen molar-refractivity contribution in [2.75, 3.05) is 29.6 Å². The maximum Gasteiger partial charge on any atom is 0.480 e. The van der Waals surface area contributed by atoms with Crippen molar-refractivity contribution < 1.29 is 126 Å².